The first-order chi connectivity index (χ1) is 10.5. The van der Waals surface area contributed by atoms with Crippen LogP contribution in [0.1, 0.15) is 30.6 Å². The second-order valence-electron chi connectivity index (χ2n) is 6.00. The largest absolute Gasteiger partial charge is 0.385 e. The van der Waals surface area contributed by atoms with Crippen LogP contribution < -0.4 is 0 Å². The van der Waals surface area contributed by atoms with Crippen molar-refractivity contribution in [2.45, 2.75) is 32.4 Å². The number of hydrogen-bond acceptors (Lipinski definition) is 3. The van der Waals surface area contributed by atoms with Crippen molar-refractivity contribution in [3.8, 4) is 0 Å². The van der Waals surface area contributed by atoms with Crippen molar-refractivity contribution in [2.24, 2.45) is 0 Å². The molecule has 0 aliphatic carbocycles. The van der Waals surface area contributed by atoms with Crippen molar-refractivity contribution in [1.82, 2.24) is 9.80 Å². The first-order valence-corrected chi connectivity index (χ1v) is 7.82. The van der Waals surface area contributed by atoms with E-state index in [1.54, 1.807) is 19.2 Å². The van der Waals surface area contributed by atoms with Gasteiger partial charge in [-0.05, 0) is 44.5 Å². The Labute approximate surface area is 131 Å². The molecule has 1 amide bonds. The summed E-state index contributed by atoms with van der Waals surface area (Å²) >= 11 is 0. The van der Waals surface area contributed by atoms with Crippen molar-refractivity contribution >= 4 is 5.91 Å². The Morgan fingerprint density at radius 3 is 2.36 bits per heavy atom. The van der Waals surface area contributed by atoms with Crippen LogP contribution in [0.2, 0.25) is 0 Å². The molecule has 1 saturated heterocycles. The summed E-state index contributed by atoms with van der Waals surface area (Å²) in [5, 5.41) is 0. The van der Waals surface area contributed by atoms with Crippen molar-refractivity contribution < 1.29 is 13.9 Å². The third-order valence-corrected chi connectivity index (χ3v) is 4.24. The number of amides is 1. The van der Waals surface area contributed by atoms with E-state index < -0.39 is 0 Å². The fraction of sp³-hybridized carbons (Fsp3) is 0.588. The lowest BCUT2D eigenvalue weighted by molar-refractivity contribution is 0.0270. The van der Waals surface area contributed by atoms with Gasteiger partial charge >= 0.3 is 0 Å². The Balaban J connectivity index is 1.98. The molecule has 0 aromatic heterocycles. The Morgan fingerprint density at radius 1 is 1.23 bits per heavy atom. The third-order valence-electron chi connectivity index (χ3n) is 4.24. The zero-order chi connectivity index (χ0) is 16.1. The van der Waals surface area contributed by atoms with E-state index in [0.717, 1.165) is 19.6 Å². The average molecular weight is 308 g/mol. The molecular weight excluding hydrogens is 283 g/mol. The van der Waals surface area contributed by atoms with E-state index in [1.165, 1.54) is 12.1 Å². The minimum absolute atomic E-state index is 0.0183. The molecule has 0 saturated carbocycles. The van der Waals surface area contributed by atoms with E-state index >= 15 is 0 Å². The van der Waals surface area contributed by atoms with Crippen molar-refractivity contribution in [2.75, 3.05) is 33.4 Å². The summed E-state index contributed by atoms with van der Waals surface area (Å²) in [7, 11) is 1.71. The molecule has 2 atom stereocenters. The number of nitrogens with zero attached hydrogens (tertiary/aromatic N) is 2. The van der Waals surface area contributed by atoms with Crippen LogP contribution in [-0.2, 0) is 4.74 Å². The number of carbonyl (C=O) groups is 1. The minimum Gasteiger partial charge on any atom is -0.385 e. The zero-order valence-electron chi connectivity index (χ0n) is 13.6. The predicted octanol–water partition coefficient (Wildman–Crippen LogP) is 2.40. The van der Waals surface area contributed by atoms with Gasteiger partial charge in [0.2, 0.25) is 0 Å². The molecule has 1 fully saturated rings. The highest BCUT2D eigenvalue weighted by Gasteiger charge is 2.31. The molecule has 1 aliphatic rings. The third kappa shape index (κ3) is 4.05. The Kier molecular flexibility index (Phi) is 5.91. The number of halogens is 1. The number of hydrogen-bond donors (Lipinski definition) is 0. The first kappa shape index (κ1) is 16.9. The maximum atomic E-state index is 13.0. The van der Waals surface area contributed by atoms with Gasteiger partial charge < -0.3 is 9.64 Å². The summed E-state index contributed by atoms with van der Waals surface area (Å²) in [6.45, 7) is 7.44. The van der Waals surface area contributed by atoms with E-state index in [4.69, 9.17) is 4.74 Å². The number of benzene rings is 1. The summed E-state index contributed by atoms with van der Waals surface area (Å²) in [6, 6.07) is 6.40. The van der Waals surface area contributed by atoms with E-state index in [2.05, 4.69) is 18.7 Å². The van der Waals surface area contributed by atoms with E-state index in [0.29, 0.717) is 30.7 Å². The van der Waals surface area contributed by atoms with Gasteiger partial charge in [-0.1, -0.05) is 0 Å². The Hall–Kier alpha value is -1.46. The zero-order valence-corrected chi connectivity index (χ0v) is 13.6. The van der Waals surface area contributed by atoms with Crippen LogP contribution in [-0.4, -0.2) is 61.1 Å². The van der Waals surface area contributed by atoms with Crippen LogP contribution in [0, 0.1) is 5.82 Å². The lowest BCUT2D eigenvalue weighted by atomic mass is 10.1. The normalized spacial score (nSPS) is 22.8. The van der Waals surface area contributed by atoms with Crippen LogP contribution >= 0.6 is 0 Å². The molecular formula is C17H25FN2O2. The number of piperazine rings is 1. The smallest absolute Gasteiger partial charge is 0.253 e. The Morgan fingerprint density at radius 2 is 1.82 bits per heavy atom. The van der Waals surface area contributed by atoms with Gasteiger partial charge in [-0.3, -0.25) is 9.69 Å². The quantitative estimate of drug-likeness (QED) is 0.783. The molecule has 4 nitrogen and oxygen atoms in total. The van der Waals surface area contributed by atoms with Crippen LogP contribution in [0.3, 0.4) is 0 Å². The molecule has 0 spiro atoms. The number of rotatable bonds is 5. The SMILES string of the molecule is COCCCN1C(C)CN(C(=O)c2ccc(F)cc2)CC1C. The molecule has 2 rings (SSSR count). The molecule has 0 radical (unpaired) electrons. The second-order valence-corrected chi connectivity index (χ2v) is 6.00. The summed E-state index contributed by atoms with van der Waals surface area (Å²) < 4.78 is 18.1. The van der Waals surface area contributed by atoms with Crippen LogP contribution in [0.5, 0.6) is 0 Å². The standard InChI is InChI=1S/C17H25FN2O2/c1-13-11-19(12-14(2)20(13)9-4-10-22-3)17(21)15-5-7-16(18)8-6-15/h5-8,13-14H,4,9-12H2,1-3H3. The predicted molar refractivity (Wildman–Crippen MR) is 84.4 cm³/mol. The molecule has 122 valence electrons. The molecule has 2 unspecified atom stereocenters. The van der Waals surface area contributed by atoms with Crippen LogP contribution in [0.15, 0.2) is 24.3 Å². The number of methoxy groups -OCH3 is 1. The highest BCUT2D eigenvalue weighted by molar-refractivity contribution is 5.94. The van der Waals surface area contributed by atoms with Crippen molar-refractivity contribution in [3.05, 3.63) is 35.6 Å². The van der Waals surface area contributed by atoms with Gasteiger partial charge in [-0.15, -0.1) is 0 Å². The molecule has 1 heterocycles. The van der Waals surface area contributed by atoms with Gasteiger partial charge in [0.05, 0.1) is 0 Å². The van der Waals surface area contributed by atoms with Gasteiger partial charge in [-0.2, -0.15) is 0 Å². The van der Waals surface area contributed by atoms with Gasteiger partial charge in [0.1, 0.15) is 5.82 Å². The summed E-state index contributed by atoms with van der Waals surface area (Å²) in [6.07, 6.45) is 0.997. The van der Waals surface area contributed by atoms with Crippen LogP contribution in [0.4, 0.5) is 4.39 Å². The monoisotopic (exact) mass is 308 g/mol. The Bertz CT molecular complexity index is 480. The van der Waals surface area contributed by atoms with Crippen molar-refractivity contribution in [3.63, 3.8) is 0 Å². The van der Waals surface area contributed by atoms with Gasteiger partial charge in [0, 0.05) is 51.0 Å². The summed E-state index contributed by atoms with van der Waals surface area (Å²) in [5.74, 6) is -0.337. The van der Waals surface area contributed by atoms with Gasteiger partial charge in [0.25, 0.3) is 5.91 Å². The lowest BCUT2D eigenvalue weighted by Gasteiger charge is -2.44. The molecule has 1 aliphatic heterocycles. The summed E-state index contributed by atoms with van der Waals surface area (Å²) in [5.41, 5.74) is 0.550. The van der Waals surface area contributed by atoms with E-state index in [1.807, 2.05) is 4.90 Å². The van der Waals surface area contributed by atoms with Crippen molar-refractivity contribution in [1.29, 1.82) is 0 Å². The second kappa shape index (κ2) is 7.70. The highest BCUT2D eigenvalue weighted by atomic mass is 19.1. The first-order valence-electron chi connectivity index (χ1n) is 7.82. The van der Waals surface area contributed by atoms with Gasteiger partial charge in [-0.25, -0.2) is 4.39 Å². The molecule has 5 heteroatoms. The molecule has 0 bridgehead atoms. The summed E-state index contributed by atoms with van der Waals surface area (Å²) in [4.78, 5) is 16.8. The number of carbonyl (C=O) groups excluding carboxylic acids is 1. The van der Waals surface area contributed by atoms with Crippen LogP contribution in [0.25, 0.3) is 0 Å². The topological polar surface area (TPSA) is 32.8 Å². The average Bonchev–Trinajstić information content (AvgIpc) is 2.50. The molecule has 0 N–H and O–H groups in total. The fourth-order valence-electron chi connectivity index (χ4n) is 3.13. The van der Waals surface area contributed by atoms with Gasteiger partial charge in [0.15, 0.2) is 0 Å². The van der Waals surface area contributed by atoms with E-state index in [-0.39, 0.29) is 11.7 Å². The maximum Gasteiger partial charge on any atom is 0.253 e. The molecule has 22 heavy (non-hydrogen) atoms. The minimum atomic E-state index is -0.318. The highest BCUT2D eigenvalue weighted by Crippen LogP contribution is 2.18. The van der Waals surface area contributed by atoms with E-state index in [9.17, 15) is 9.18 Å². The number of ether oxygens (including phenoxy) is 1. The molecule has 1 aromatic rings. The fourth-order valence-corrected chi connectivity index (χ4v) is 3.13. The maximum absolute atomic E-state index is 13.0. The molecule has 1 aromatic carbocycles. The lowest BCUT2D eigenvalue weighted by Crippen LogP contribution is -2.58.